The van der Waals surface area contributed by atoms with Crippen molar-refractivity contribution in [2.45, 2.75) is 23.6 Å². The number of hydrogen-bond donors (Lipinski definition) is 1. The van der Waals surface area contributed by atoms with Gasteiger partial charge in [0.15, 0.2) is 0 Å². The SMILES string of the molecule is CNCc1ccc(S(=O)(=O)N2CCCC2)s1. The molecule has 1 aliphatic heterocycles. The normalized spacial score (nSPS) is 18.1. The van der Waals surface area contributed by atoms with Gasteiger partial charge in [0.2, 0.25) is 0 Å². The monoisotopic (exact) mass is 260 g/mol. The Bertz CT molecular complexity index is 447. The van der Waals surface area contributed by atoms with Crippen LogP contribution in [0.4, 0.5) is 0 Å². The molecule has 4 nitrogen and oxygen atoms in total. The quantitative estimate of drug-likeness (QED) is 0.886. The summed E-state index contributed by atoms with van der Waals surface area (Å²) in [6, 6.07) is 3.59. The van der Waals surface area contributed by atoms with E-state index < -0.39 is 10.0 Å². The van der Waals surface area contributed by atoms with E-state index >= 15 is 0 Å². The average molecular weight is 260 g/mol. The minimum atomic E-state index is -3.21. The maximum absolute atomic E-state index is 12.2. The lowest BCUT2D eigenvalue weighted by atomic mass is 10.4. The van der Waals surface area contributed by atoms with Crippen LogP contribution in [0.3, 0.4) is 0 Å². The minimum Gasteiger partial charge on any atom is -0.315 e. The summed E-state index contributed by atoms with van der Waals surface area (Å²) in [6.07, 6.45) is 1.96. The molecule has 0 radical (unpaired) electrons. The molecule has 2 rings (SSSR count). The van der Waals surface area contributed by atoms with Crippen molar-refractivity contribution in [2.24, 2.45) is 0 Å². The van der Waals surface area contributed by atoms with Crippen molar-refractivity contribution in [3.8, 4) is 0 Å². The van der Waals surface area contributed by atoms with Crippen molar-refractivity contribution in [3.05, 3.63) is 17.0 Å². The van der Waals surface area contributed by atoms with Crippen LogP contribution < -0.4 is 5.32 Å². The highest BCUT2D eigenvalue weighted by Crippen LogP contribution is 2.27. The molecule has 1 saturated heterocycles. The molecule has 6 heteroatoms. The Balaban J connectivity index is 2.21. The molecule has 1 aromatic heterocycles. The second-order valence-corrected chi connectivity index (χ2v) is 7.20. The van der Waals surface area contributed by atoms with E-state index in [1.165, 1.54) is 11.3 Å². The van der Waals surface area contributed by atoms with Crippen LogP contribution in [0.2, 0.25) is 0 Å². The average Bonchev–Trinajstić information content (AvgIpc) is 2.88. The number of nitrogens with one attached hydrogen (secondary N) is 1. The Kier molecular flexibility index (Phi) is 3.63. The maximum Gasteiger partial charge on any atom is 0.252 e. The van der Waals surface area contributed by atoms with Gasteiger partial charge in [-0.15, -0.1) is 11.3 Å². The molecule has 0 unspecified atom stereocenters. The highest BCUT2D eigenvalue weighted by molar-refractivity contribution is 7.91. The largest absolute Gasteiger partial charge is 0.315 e. The summed E-state index contributed by atoms with van der Waals surface area (Å²) in [7, 11) is -1.36. The minimum absolute atomic E-state index is 0.472. The number of thiophene rings is 1. The maximum atomic E-state index is 12.2. The Hall–Kier alpha value is -0.430. The van der Waals surface area contributed by atoms with Crippen LogP contribution in [0.5, 0.6) is 0 Å². The number of nitrogens with zero attached hydrogens (tertiary/aromatic N) is 1. The Morgan fingerprint density at radius 2 is 2.06 bits per heavy atom. The van der Waals surface area contributed by atoms with E-state index in [2.05, 4.69) is 5.32 Å². The second kappa shape index (κ2) is 4.83. The summed E-state index contributed by atoms with van der Waals surface area (Å²) in [6.45, 7) is 2.06. The van der Waals surface area contributed by atoms with E-state index in [1.54, 1.807) is 10.4 Å². The summed E-state index contributed by atoms with van der Waals surface area (Å²) < 4.78 is 26.4. The Labute approximate surface area is 100 Å². The van der Waals surface area contributed by atoms with Gasteiger partial charge in [-0.25, -0.2) is 8.42 Å². The molecule has 1 fully saturated rings. The molecule has 0 aliphatic carbocycles. The molecule has 2 heterocycles. The lowest BCUT2D eigenvalue weighted by Crippen LogP contribution is -2.27. The summed E-state index contributed by atoms with van der Waals surface area (Å²) in [5.41, 5.74) is 0. The molecule has 0 bridgehead atoms. The molecule has 0 saturated carbocycles. The Morgan fingerprint density at radius 1 is 1.38 bits per heavy atom. The molecule has 1 aromatic rings. The van der Waals surface area contributed by atoms with Crippen LogP contribution in [-0.4, -0.2) is 32.9 Å². The lowest BCUT2D eigenvalue weighted by Gasteiger charge is -2.13. The van der Waals surface area contributed by atoms with Gasteiger partial charge in [-0.2, -0.15) is 4.31 Å². The number of hydrogen-bond acceptors (Lipinski definition) is 4. The van der Waals surface area contributed by atoms with E-state index in [-0.39, 0.29) is 0 Å². The van der Waals surface area contributed by atoms with Gasteiger partial charge < -0.3 is 5.32 Å². The molecule has 0 atom stereocenters. The van der Waals surface area contributed by atoms with E-state index in [0.717, 1.165) is 24.3 Å². The summed E-state index contributed by atoms with van der Waals surface area (Å²) >= 11 is 1.36. The van der Waals surface area contributed by atoms with Crippen LogP contribution in [0.1, 0.15) is 17.7 Å². The molecule has 90 valence electrons. The van der Waals surface area contributed by atoms with Gasteiger partial charge in [-0.3, -0.25) is 0 Å². The molecule has 1 N–H and O–H groups in total. The molecule has 16 heavy (non-hydrogen) atoms. The van der Waals surface area contributed by atoms with E-state index in [1.807, 2.05) is 13.1 Å². The van der Waals surface area contributed by atoms with Crippen LogP contribution in [0.15, 0.2) is 16.3 Å². The number of rotatable bonds is 4. The van der Waals surface area contributed by atoms with Crippen LogP contribution in [-0.2, 0) is 16.6 Å². The fraction of sp³-hybridized carbons (Fsp3) is 0.600. The van der Waals surface area contributed by atoms with Crippen LogP contribution in [0.25, 0.3) is 0 Å². The second-order valence-electron chi connectivity index (χ2n) is 3.86. The third kappa shape index (κ3) is 2.29. The van der Waals surface area contributed by atoms with Crippen molar-refractivity contribution >= 4 is 21.4 Å². The van der Waals surface area contributed by atoms with Crippen LogP contribution in [0, 0.1) is 0 Å². The molecular weight excluding hydrogens is 244 g/mol. The molecule has 0 aromatic carbocycles. The smallest absolute Gasteiger partial charge is 0.252 e. The van der Waals surface area contributed by atoms with Crippen molar-refractivity contribution in [3.63, 3.8) is 0 Å². The third-order valence-electron chi connectivity index (χ3n) is 2.65. The van der Waals surface area contributed by atoms with Gasteiger partial charge in [0.1, 0.15) is 4.21 Å². The van der Waals surface area contributed by atoms with Gasteiger partial charge in [0, 0.05) is 24.5 Å². The van der Waals surface area contributed by atoms with Crippen molar-refractivity contribution in [1.82, 2.24) is 9.62 Å². The topological polar surface area (TPSA) is 49.4 Å². The first-order valence-electron chi connectivity index (χ1n) is 5.38. The third-order valence-corrected chi connectivity index (χ3v) is 6.10. The van der Waals surface area contributed by atoms with E-state index in [9.17, 15) is 8.42 Å². The lowest BCUT2D eigenvalue weighted by molar-refractivity contribution is 0.479. The first-order valence-corrected chi connectivity index (χ1v) is 7.64. The molecule has 0 spiro atoms. The van der Waals surface area contributed by atoms with Crippen LogP contribution >= 0.6 is 11.3 Å². The predicted molar refractivity (Wildman–Crippen MR) is 65.1 cm³/mol. The zero-order valence-corrected chi connectivity index (χ0v) is 10.9. The highest BCUT2D eigenvalue weighted by Gasteiger charge is 2.28. The first kappa shape index (κ1) is 12.0. The molecule has 0 amide bonds. The first-order chi connectivity index (χ1) is 7.64. The van der Waals surface area contributed by atoms with Gasteiger partial charge in [-0.1, -0.05) is 0 Å². The fourth-order valence-corrected chi connectivity index (χ4v) is 4.86. The Morgan fingerprint density at radius 3 is 2.69 bits per heavy atom. The van der Waals surface area contributed by atoms with Gasteiger partial charge in [0.25, 0.3) is 10.0 Å². The van der Waals surface area contributed by atoms with Gasteiger partial charge in [0.05, 0.1) is 0 Å². The van der Waals surface area contributed by atoms with Gasteiger partial charge >= 0.3 is 0 Å². The zero-order valence-electron chi connectivity index (χ0n) is 9.27. The van der Waals surface area contributed by atoms with Gasteiger partial charge in [-0.05, 0) is 32.0 Å². The number of sulfonamides is 1. The van der Waals surface area contributed by atoms with Crippen molar-refractivity contribution in [2.75, 3.05) is 20.1 Å². The summed E-state index contributed by atoms with van der Waals surface area (Å²) in [5, 5.41) is 3.02. The van der Waals surface area contributed by atoms with E-state index in [4.69, 9.17) is 0 Å². The molecular formula is C10H16N2O2S2. The standard InChI is InChI=1S/C10H16N2O2S2/c1-11-8-9-4-5-10(15-9)16(13,14)12-6-2-3-7-12/h4-5,11H,2-3,6-8H2,1H3. The van der Waals surface area contributed by atoms with Crippen molar-refractivity contribution < 1.29 is 8.42 Å². The summed E-state index contributed by atoms with van der Waals surface area (Å²) in [5.74, 6) is 0. The van der Waals surface area contributed by atoms with E-state index in [0.29, 0.717) is 17.3 Å². The highest BCUT2D eigenvalue weighted by atomic mass is 32.2. The predicted octanol–water partition coefficient (Wildman–Crippen LogP) is 1.25. The molecule has 1 aliphatic rings. The summed E-state index contributed by atoms with van der Waals surface area (Å²) in [4.78, 5) is 1.06. The fourth-order valence-electron chi connectivity index (χ4n) is 1.82. The van der Waals surface area contributed by atoms with Crippen molar-refractivity contribution in [1.29, 1.82) is 0 Å². The zero-order chi connectivity index (χ0) is 11.6.